The molecule has 2 atom stereocenters. The number of fused-ring (bicyclic) bond motifs is 1. The number of ether oxygens (including phenoxy) is 3. The highest BCUT2D eigenvalue weighted by molar-refractivity contribution is 5.86. The van der Waals surface area contributed by atoms with Crippen molar-refractivity contribution >= 4 is 23.4 Å². The van der Waals surface area contributed by atoms with E-state index in [1.54, 1.807) is 25.1 Å². The molecule has 0 radical (unpaired) electrons. The summed E-state index contributed by atoms with van der Waals surface area (Å²) in [5, 5.41) is 5.98. The predicted octanol–water partition coefficient (Wildman–Crippen LogP) is 3.80. The molecule has 0 bridgehead atoms. The first-order valence-electron chi connectivity index (χ1n) is 8.89. The molecule has 0 fully saturated rings. The van der Waals surface area contributed by atoms with Gasteiger partial charge in [0.15, 0.2) is 0 Å². The maximum atomic E-state index is 11.9. The molecule has 1 aromatic rings. The molecule has 26 heavy (non-hydrogen) atoms. The third kappa shape index (κ3) is 5.82. The van der Waals surface area contributed by atoms with Gasteiger partial charge in [-0.05, 0) is 52.3 Å². The lowest BCUT2D eigenvalue weighted by molar-refractivity contribution is -0.148. The van der Waals surface area contributed by atoms with E-state index >= 15 is 0 Å². The SMILES string of the molecule is CCOC(=O)[C@H](C)C[C@H]1CNc2cc(NC(=O)OC(C)(C)C)ccc2O1. The Hall–Kier alpha value is -2.44. The fourth-order valence-electron chi connectivity index (χ4n) is 2.62. The summed E-state index contributed by atoms with van der Waals surface area (Å²) in [6, 6.07) is 5.34. The number of esters is 1. The molecule has 1 heterocycles. The van der Waals surface area contributed by atoms with Crippen molar-refractivity contribution in [1.29, 1.82) is 0 Å². The summed E-state index contributed by atoms with van der Waals surface area (Å²) >= 11 is 0. The van der Waals surface area contributed by atoms with E-state index in [1.807, 2.05) is 27.7 Å². The molecule has 1 amide bonds. The van der Waals surface area contributed by atoms with Crippen molar-refractivity contribution in [3.8, 4) is 5.75 Å². The number of benzene rings is 1. The number of nitrogens with one attached hydrogen (secondary N) is 2. The molecule has 0 unspecified atom stereocenters. The van der Waals surface area contributed by atoms with Crippen LogP contribution in [0.4, 0.5) is 16.2 Å². The van der Waals surface area contributed by atoms with Crippen LogP contribution in [0.1, 0.15) is 41.0 Å². The number of anilines is 2. The third-order valence-electron chi connectivity index (χ3n) is 3.74. The zero-order valence-electron chi connectivity index (χ0n) is 16.0. The van der Waals surface area contributed by atoms with Gasteiger partial charge in [0, 0.05) is 5.69 Å². The predicted molar refractivity (Wildman–Crippen MR) is 99.6 cm³/mol. The third-order valence-corrected chi connectivity index (χ3v) is 3.74. The standard InChI is InChI=1S/C19H28N2O5/c1-6-24-17(22)12(2)9-14-11-20-15-10-13(7-8-16(15)25-14)21-18(23)26-19(3,4)5/h7-8,10,12,14,20H,6,9,11H2,1-5H3,(H,21,23)/t12-,14+/m1/s1. The Morgan fingerprint density at radius 2 is 2.12 bits per heavy atom. The van der Waals surface area contributed by atoms with Gasteiger partial charge in [0.25, 0.3) is 0 Å². The molecule has 144 valence electrons. The molecule has 2 rings (SSSR count). The second-order valence-electron chi connectivity index (χ2n) is 7.35. The minimum atomic E-state index is -0.553. The van der Waals surface area contributed by atoms with Crippen molar-refractivity contribution in [2.24, 2.45) is 5.92 Å². The van der Waals surface area contributed by atoms with E-state index in [9.17, 15) is 9.59 Å². The van der Waals surface area contributed by atoms with Gasteiger partial charge in [-0.3, -0.25) is 10.1 Å². The molecular weight excluding hydrogens is 336 g/mol. The molecule has 1 aromatic carbocycles. The summed E-state index contributed by atoms with van der Waals surface area (Å²) in [4.78, 5) is 23.6. The van der Waals surface area contributed by atoms with Gasteiger partial charge < -0.3 is 19.5 Å². The van der Waals surface area contributed by atoms with Gasteiger partial charge in [0.05, 0.1) is 24.8 Å². The maximum absolute atomic E-state index is 11.9. The zero-order valence-corrected chi connectivity index (χ0v) is 16.0. The van der Waals surface area contributed by atoms with Crippen LogP contribution in [0.3, 0.4) is 0 Å². The highest BCUT2D eigenvalue weighted by Crippen LogP contribution is 2.33. The first-order chi connectivity index (χ1) is 12.2. The Morgan fingerprint density at radius 3 is 2.77 bits per heavy atom. The number of hydrogen-bond acceptors (Lipinski definition) is 6. The van der Waals surface area contributed by atoms with Gasteiger partial charge in [-0.1, -0.05) is 6.92 Å². The van der Waals surface area contributed by atoms with Crippen LogP contribution in [0.5, 0.6) is 5.75 Å². The van der Waals surface area contributed by atoms with E-state index in [0.29, 0.717) is 31.0 Å². The molecule has 1 aliphatic rings. The summed E-state index contributed by atoms with van der Waals surface area (Å²) < 4.78 is 16.2. The van der Waals surface area contributed by atoms with Crippen molar-refractivity contribution in [2.45, 2.75) is 52.7 Å². The van der Waals surface area contributed by atoms with Crippen LogP contribution in [-0.4, -0.2) is 36.9 Å². The van der Waals surface area contributed by atoms with Crippen molar-refractivity contribution in [2.75, 3.05) is 23.8 Å². The topological polar surface area (TPSA) is 85.9 Å². The largest absolute Gasteiger partial charge is 0.486 e. The van der Waals surface area contributed by atoms with Gasteiger partial charge in [-0.25, -0.2) is 4.79 Å². The van der Waals surface area contributed by atoms with Crippen LogP contribution < -0.4 is 15.4 Å². The van der Waals surface area contributed by atoms with Crippen molar-refractivity contribution in [1.82, 2.24) is 0 Å². The second kappa shape index (κ2) is 8.29. The summed E-state index contributed by atoms with van der Waals surface area (Å²) in [5.74, 6) is 0.252. The second-order valence-corrected chi connectivity index (χ2v) is 7.35. The van der Waals surface area contributed by atoms with Gasteiger partial charge >= 0.3 is 12.1 Å². The monoisotopic (exact) mass is 364 g/mol. The van der Waals surface area contributed by atoms with E-state index in [-0.39, 0.29) is 18.0 Å². The van der Waals surface area contributed by atoms with E-state index < -0.39 is 11.7 Å². The lowest BCUT2D eigenvalue weighted by Gasteiger charge is -2.29. The summed E-state index contributed by atoms with van der Waals surface area (Å²) in [6.45, 7) is 10.0. The fraction of sp³-hybridized carbons (Fsp3) is 0.579. The fourth-order valence-corrected chi connectivity index (χ4v) is 2.62. The lowest BCUT2D eigenvalue weighted by atomic mass is 10.0. The number of rotatable bonds is 5. The van der Waals surface area contributed by atoms with Crippen molar-refractivity contribution in [3.63, 3.8) is 0 Å². The van der Waals surface area contributed by atoms with E-state index in [2.05, 4.69) is 10.6 Å². The number of hydrogen-bond donors (Lipinski definition) is 2. The van der Waals surface area contributed by atoms with Gasteiger partial charge in [-0.15, -0.1) is 0 Å². The Balaban J connectivity index is 1.94. The average molecular weight is 364 g/mol. The number of carbonyl (C=O) groups excluding carboxylic acids is 2. The number of amides is 1. The zero-order chi connectivity index (χ0) is 19.3. The smallest absolute Gasteiger partial charge is 0.412 e. The van der Waals surface area contributed by atoms with Crippen molar-refractivity contribution < 1.29 is 23.8 Å². The maximum Gasteiger partial charge on any atom is 0.412 e. The van der Waals surface area contributed by atoms with Crippen LogP contribution in [-0.2, 0) is 14.3 Å². The van der Waals surface area contributed by atoms with Crippen LogP contribution in [0.25, 0.3) is 0 Å². The average Bonchev–Trinajstić information content (AvgIpc) is 2.53. The van der Waals surface area contributed by atoms with Gasteiger partial charge in [0.2, 0.25) is 0 Å². The van der Waals surface area contributed by atoms with E-state index in [1.165, 1.54) is 0 Å². The number of carbonyl (C=O) groups is 2. The molecule has 0 aliphatic carbocycles. The Labute approximate surface area is 154 Å². The highest BCUT2D eigenvalue weighted by Gasteiger charge is 2.25. The quantitative estimate of drug-likeness (QED) is 0.773. The van der Waals surface area contributed by atoms with Crippen LogP contribution in [0.2, 0.25) is 0 Å². The normalized spacial score (nSPS) is 17.2. The summed E-state index contributed by atoms with van der Waals surface area (Å²) in [7, 11) is 0. The first kappa shape index (κ1) is 19.9. The summed E-state index contributed by atoms with van der Waals surface area (Å²) in [6.07, 6.45) is -0.0507. The minimum absolute atomic E-state index is 0.119. The Bertz CT molecular complexity index is 654. The van der Waals surface area contributed by atoms with E-state index in [4.69, 9.17) is 14.2 Å². The molecule has 7 nitrogen and oxygen atoms in total. The highest BCUT2D eigenvalue weighted by atomic mass is 16.6. The molecule has 0 spiro atoms. The molecule has 0 saturated heterocycles. The van der Waals surface area contributed by atoms with Gasteiger partial charge in [-0.2, -0.15) is 0 Å². The molecule has 2 N–H and O–H groups in total. The minimum Gasteiger partial charge on any atom is -0.486 e. The molecular formula is C19H28N2O5. The van der Waals surface area contributed by atoms with Gasteiger partial charge in [0.1, 0.15) is 17.5 Å². The lowest BCUT2D eigenvalue weighted by Crippen LogP contribution is -2.34. The van der Waals surface area contributed by atoms with E-state index in [0.717, 1.165) is 5.69 Å². The molecule has 1 aliphatic heterocycles. The molecule has 0 aromatic heterocycles. The van der Waals surface area contributed by atoms with Crippen LogP contribution in [0.15, 0.2) is 18.2 Å². The summed E-state index contributed by atoms with van der Waals surface area (Å²) in [5.41, 5.74) is 0.855. The molecule has 0 saturated carbocycles. The van der Waals surface area contributed by atoms with Crippen LogP contribution in [0, 0.1) is 5.92 Å². The molecule has 7 heteroatoms. The van der Waals surface area contributed by atoms with Crippen molar-refractivity contribution in [3.05, 3.63) is 18.2 Å². The van der Waals surface area contributed by atoms with Crippen LogP contribution >= 0.6 is 0 Å². The Kier molecular flexibility index (Phi) is 6.34. The first-order valence-corrected chi connectivity index (χ1v) is 8.89. The Morgan fingerprint density at radius 1 is 1.38 bits per heavy atom.